The molecule has 3 heteroatoms. The van der Waals surface area contributed by atoms with Gasteiger partial charge in [0, 0.05) is 6.20 Å². The Morgan fingerprint density at radius 2 is 2.06 bits per heavy atom. The van der Waals surface area contributed by atoms with Crippen molar-refractivity contribution in [3.05, 3.63) is 59.2 Å². The summed E-state index contributed by atoms with van der Waals surface area (Å²) in [6.07, 6.45) is 4.74. The Labute approximate surface area is 108 Å². The van der Waals surface area contributed by atoms with Crippen molar-refractivity contribution >= 4 is 0 Å². The Bertz CT molecular complexity index is 508. The van der Waals surface area contributed by atoms with E-state index in [1.54, 1.807) is 12.4 Å². The van der Waals surface area contributed by atoms with Crippen LogP contribution < -0.4 is 0 Å². The first-order chi connectivity index (χ1) is 8.70. The molecule has 1 N–H and O–H groups in total. The van der Waals surface area contributed by atoms with Gasteiger partial charge in [-0.2, -0.15) is 0 Å². The van der Waals surface area contributed by atoms with Gasteiger partial charge in [-0.15, -0.1) is 0 Å². The van der Waals surface area contributed by atoms with Gasteiger partial charge in [0.25, 0.3) is 0 Å². The standard InChI is InChI=1S/C15H18N2O/c1-3-5-12-6-4-7-13(8-12)15(18)14-10-16-11(2)9-17-14/h4,6-10,15,18H,3,5H2,1-2H3. The van der Waals surface area contributed by atoms with Crippen LogP contribution >= 0.6 is 0 Å². The maximum Gasteiger partial charge on any atom is 0.123 e. The zero-order chi connectivity index (χ0) is 13.0. The van der Waals surface area contributed by atoms with Crippen molar-refractivity contribution in [3.63, 3.8) is 0 Å². The predicted octanol–water partition coefficient (Wildman–Crippen LogP) is 2.82. The van der Waals surface area contributed by atoms with E-state index in [4.69, 9.17) is 0 Å². The maximum absolute atomic E-state index is 10.3. The smallest absolute Gasteiger partial charge is 0.123 e. The van der Waals surface area contributed by atoms with Gasteiger partial charge in [0.2, 0.25) is 0 Å². The molecule has 94 valence electrons. The van der Waals surface area contributed by atoms with E-state index in [0.29, 0.717) is 5.69 Å². The number of aliphatic hydroxyl groups excluding tert-OH is 1. The molecule has 0 aliphatic heterocycles. The Kier molecular flexibility index (Phi) is 4.05. The first kappa shape index (κ1) is 12.7. The van der Waals surface area contributed by atoms with E-state index in [-0.39, 0.29) is 0 Å². The molecule has 0 bridgehead atoms. The highest BCUT2D eigenvalue weighted by molar-refractivity contribution is 5.29. The van der Waals surface area contributed by atoms with Crippen molar-refractivity contribution in [2.75, 3.05) is 0 Å². The second-order valence-corrected chi connectivity index (χ2v) is 4.48. The van der Waals surface area contributed by atoms with Gasteiger partial charge in [-0.05, 0) is 24.5 Å². The molecule has 0 saturated carbocycles. The molecule has 1 aromatic heterocycles. The van der Waals surface area contributed by atoms with E-state index >= 15 is 0 Å². The summed E-state index contributed by atoms with van der Waals surface area (Å²) in [6, 6.07) is 8.02. The van der Waals surface area contributed by atoms with Gasteiger partial charge in [-0.25, -0.2) is 0 Å². The summed E-state index contributed by atoms with van der Waals surface area (Å²) in [5.74, 6) is 0. The summed E-state index contributed by atoms with van der Waals surface area (Å²) < 4.78 is 0. The van der Waals surface area contributed by atoms with Crippen LogP contribution in [0.3, 0.4) is 0 Å². The minimum Gasteiger partial charge on any atom is -0.382 e. The topological polar surface area (TPSA) is 46.0 Å². The number of benzene rings is 1. The second-order valence-electron chi connectivity index (χ2n) is 4.48. The minimum atomic E-state index is -0.699. The summed E-state index contributed by atoms with van der Waals surface area (Å²) in [5.41, 5.74) is 3.56. The monoisotopic (exact) mass is 242 g/mol. The first-order valence-electron chi connectivity index (χ1n) is 6.26. The molecule has 0 saturated heterocycles. The lowest BCUT2D eigenvalue weighted by Gasteiger charge is -2.11. The van der Waals surface area contributed by atoms with Crippen molar-refractivity contribution < 1.29 is 5.11 Å². The quantitative estimate of drug-likeness (QED) is 0.896. The van der Waals surface area contributed by atoms with Crippen LogP contribution in [-0.4, -0.2) is 15.1 Å². The van der Waals surface area contributed by atoms with Crippen molar-refractivity contribution in [1.29, 1.82) is 0 Å². The van der Waals surface area contributed by atoms with E-state index in [1.807, 2.05) is 25.1 Å². The Balaban J connectivity index is 2.24. The lowest BCUT2D eigenvalue weighted by Crippen LogP contribution is -2.04. The van der Waals surface area contributed by atoms with Gasteiger partial charge in [0.15, 0.2) is 0 Å². The fourth-order valence-corrected chi connectivity index (χ4v) is 1.92. The fraction of sp³-hybridized carbons (Fsp3) is 0.333. The molecule has 0 radical (unpaired) electrons. The Morgan fingerprint density at radius 1 is 1.22 bits per heavy atom. The summed E-state index contributed by atoms with van der Waals surface area (Å²) in [7, 11) is 0. The fourth-order valence-electron chi connectivity index (χ4n) is 1.92. The molecule has 1 aromatic carbocycles. The zero-order valence-corrected chi connectivity index (χ0v) is 10.8. The number of aliphatic hydroxyl groups is 1. The van der Waals surface area contributed by atoms with Crippen molar-refractivity contribution in [3.8, 4) is 0 Å². The number of rotatable bonds is 4. The molecule has 18 heavy (non-hydrogen) atoms. The van der Waals surface area contributed by atoms with Crippen LogP contribution in [0.2, 0.25) is 0 Å². The van der Waals surface area contributed by atoms with Gasteiger partial charge in [-0.3, -0.25) is 9.97 Å². The van der Waals surface area contributed by atoms with Crippen molar-refractivity contribution in [2.45, 2.75) is 32.8 Å². The molecule has 2 aromatic rings. The number of hydrogen-bond acceptors (Lipinski definition) is 3. The average molecular weight is 242 g/mol. The van der Waals surface area contributed by atoms with Crippen LogP contribution in [0.4, 0.5) is 0 Å². The van der Waals surface area contributed by atoms with Gasteiger partial charge in [0.05, 0.1) is 17.6 Å². The third-order valence-electron chi connectivity index (χ3n) is 2.89. The van der Waals surface area contributed by atoms with Crippen LogP contribution in [0.5, 0.6) is 0 Å². The highest BCUT2D eigenvalue weighted by atomic mass is 16.3. The van der Waals surface area contributed by atoms with Crippen LogP contribution in [0.25, 0.3) is 0 Å². The summed E-state index contributed by atoms with van der Waals surface area (Å²) in [4.78, 5) is 8.38. The van der Waals surface area contributed by atoms with Gasteiger partial charge in [0.1, 0.15) is 6.10 Å². The van der Waals surface area contributed by atoms with Crippen molar-refractivity contribution in [2.24, 2.45) is 0 Å². The Morgan fingerprint density at radius 3 is 2.72 bits per heavy atom. The van der Waals surface area contributed by atoms with E-state index in [1.165, 1.54) is 5.56 Å². The highest BCUT2D eigenvalue weighted by Gasteiger charge is 2.12. The normalized spacial score (nSPS) is 12.4. The van der Waals surface area contributed by atoms with E-state index in [0.717, 1.165) is 24.1 Å². The molecule has 2 rings (SSSR count). The van der Waals surface area contributed by atoms with Crippen molar-refractivity contribution in [1.82, 2.24) is 9.97 Å². The molecular weight excluding hydrogens is 224 g/mol. The zero-order valence-electron chi connectivity index (χ0n) is 10.8. The van der Waals surface area contributed by atoms with Gasteiger partial charge < -0.3 is 5.11 Å². The number of nitrogens with zero attached hydrogens (tertiary/aromatic N) is 2. The number of hydrogen-bond donors (Lipinski definition) is 1. The molecule has 1 heterocycles. The lowest BCUT2D eigenvalue weighted by atomic mass is 10.0. The van der Waals surface area contributed by atoms with E-state index < -0.39 is 6.10 Å². The Hall–Kier alpha value is -1.74. The molecule has 0 fully saturated rings. The molecule has 0 aliphatic rings. The van der Waals surface area contributed by atoms with Crippen LogP contribution in [0.15, 0.2) is 36.7 Å². The first-order valence-corrected chi connectivity index (χ1v) is 6.26. The largest absolute Gasteiger partial charge is 0.382 e. The number of aromatic nitrogens is 2. The highest BCUT2D eigenvalue weighted by Crippen LogP contribution is 2.21. The summed E-state index contributed by atoms with van der Waals surface area (Å²) in [5, 5.41) is 10.3. The SMILES string of the molecule is CCCc1cccc(C(O)c2cnc(C)cn2)c1. The average Bonchev–Trinajstić information content (AvgIpc) is 2.39. The van der Waals surface area contributed by atoms with Crippen LogP contribution in [0, 0.1) is 6.92 Å². The van der Waals surface area contributed by atoms with Crippen LogP contribution in [-0.2, 0) is 6.42 Å². The molecular formula is C15H18N2O. The van der Waals surface area contributed by atoms with Gasteiger partial charge >= 0.3 is 0 Å². The van der Waals surface area contributed by atoms with Gasteiger partial charge in [-0.1, -0.05) is 37.6 Å². The lowest BCUT2D eigenvalue weighted by molar-refractivity contribution is 0.214. The third kappa shape index (κ3) is 2.93. The second kappa shape index (κ2) is 5.74. The summed E-state index contributed by atoms with van der Waals surface area (Å²) >= 11 is 0. The minimum absolute atomic E-state index is 0.592. The molecule has 1 atom stereocenters. The third-order valence-corrected chi connectivity index (χ3v) is 2.89. The van der Waals surface area contributed by atoms with Crippen LogP contribution in [0.1, 0.15) is 42.0 Å². The van der Waals surface area contributed by atoms with E-state index in [2.05, 4.69) is 23.0 Å². The predicted molar refractivity (Wildman–Crippen MR) is 71.3 cm³/mol. The van der Waals surface area contributed by atoms with E-state index in [9.17, 15) is 5.11 Å². The maximum atomic E-state index is 10.3. The molecule has 0 amide bonds. The number of aryl methyl sites for hydroxylation is 2. The molecule has 0 spiro atoms. The summed E-state index contributed by atoms with van der Waals surface area (Å²) in [6.45, 7) is 4.03. The molecule has 3 nitrogen and oxygen atoms in total. The molecule has 0 aliphatic carbocycles. The molecule has 1 unspecified atom stereocenters.